The Hall–Kier alpha value is -5.96. The number of amides is 4. The van der Waals surface area contributed by atoms with Crippen LogP contribution in [0.3, 0.4) is 0 Å². The largest absolute Gasteiger partial charge is 0.453 e. The van der Waals surface area contributed by atoms with Crippen molar-refractivity contribution in [1.29, 1.82) is 0 Å². The Morgan fingerprint density at radius 3 is 2.20 bits per heavy atom. The lowest BCUT2D eigenvalue weighted by molar-refractivity contribution is -0.135. The number of fused-ring (bicyclic) bond motifs is 4. The first kappa shape index (κ1) is 43.1. The van der Waals surface area contributed by atoms with Crippen LogP contribution in [-0.4, -0.2) is 99.7 Å². The Kier molecular flexibility index (Phi) is 14.2. The van der Waals surface area contributed by atoms with Gasteiger partial charge in [0, 0.05) is 30.4 Å². The standard InChI is InChI=1S/C46H58N8O7/c1-29(2)39(52-46(58)60-4)44(56)54-25-11-14-37(54)41-47-27-35(48-41)32-20-16-30(17-21-32)31-18-22-33(23-19-31)40-36-28-61-26-10-8-6-5-7-9-13-34(50-45(57)59-3)43(55)53-24-12-15-38(53)42(49-36)51-40/h8,10,16-23,27,29,34,37-39H,5-7,9,11-15,24-26,28H2,1-4H3,(H,47,48)(H,49,51)(H,50,57)(H,52,58)/b10-8-/t34-,37-,38-,39-/m0/s1. The zero-order valence-electron chi connectivity index (χ0n) is 35.6. The molecule has 4 atom stereocenters. The molecule has 0 unspecified atom stereocenters. The average molecular weight is 835 g/mol. The molecular formula is C46H58N8O7. The van der Waals surface area contributed by atoms with Crippen molar-refractivity contribution >= 4 is 24.0 Å². The van der Waals surface area contributed by atoms with Crippen LogP contribution < -0.4 is 10.6 Å². The van der Waals surface area contributed by atoms with E-state index in [1.54, 1.807) is 0 Å². The van der Waals surface area contributed by atoms with E-state index in [1.165, 1.54) is 14.2 Å². The number of aromatic amines is 2. The van der Waals surface area contributed by atoms with Gasteiger partial charge in [0.05, 0.1) is 56.6 Å². The van der Waals surface area contributed by atoms with Crippen LogP contribution in [-0.2, 0) is 30.4 Å². The van der Waals surface area contributed by atoms with E-state index in [0.717, 1.165) is 96.5 Å². The summed E-state index contributed by atoms with van der Waals surface area (Å²) in [5, 5.41) is 5.49. The first-order valence-corrected chi connectivity index (χ1v) is 21.5. The molecule has 2 saturated heterocycles. The highest BCUT2D eigenvalue weighted by atomic mass is 16.5. The van der Waals surface area contributed by atoms with Gasteiger partial charge in [0.15, 0.2) is 0 Å². The van der Waals surface area contributed by atoms with E-state index in [2.05, 4.69) is 63.1 Å². The number of benzene rings is 2. The van der Waals surface area contributed by atoms with Gasteiger partial charge in [-0.05, 0) is 62.0 Å². The number of hydrogen-bond donors (Lipinski definition) is 4. The lowest BCUT2D eigenvalue weighted by Gasteiger charge is -2.29. The van der Waals surface area contributed by atoms with E-state index >= 15 is 0 Å². The molecule has 2 aromatic heterocycles. The molecule has 3 aliphatic rings. The van der Waals surface area contributed by atoms with Crippen molar-refractivity contribution in [3.05, 3.63) is 84.2 Å². The molecule has 61 heavy (non-hydrogen) atoms. The van der Waals surface area contributed by atoms with Crippen molar-refractivity contribution in [3.63, 3.8) is 0 Å². The number of ether oxygens (including phenoxy) is 3. The van der Waals surface area contributed by atoms with Crippen LogP contribution in [0.15, 0.2) is 66.9 Å². The van der Waals surface area contributed by atoms with Crippen LogP contribution in [0.4, 0.5) is 9.59 Å². The smallest absolute Gasteiger partial charge is 0.407 e. The molecule has 0 saturated carbocycles. The predicted molar refractivity (Wildman–Crippen MR) is 230 cm³/mol. The molecule has 4 aromatic rings. The van der Waals surface area contributed by atoms with E-state index < -0.39 is 24.3 Å². The van der Waals surface area contributed by atoms with E-state index in [9.17, 15) is 19.2 Å². The molecule has 324 valence electrons. The van der Waals surface area contributed by atoms with E-state index in [0.29, 0.717) is 38.5 Å². The summed E-state index contributed by atoms with van der Waals surface area (Å²) in [6.45, 7) is 5.79. The fourth-order valence-corrected chi connectivity index (χ4v) is 8.61. The fraction of sp³-hybridized carbons (Fsp3) is 0.478. The number of allylic oxidation sites excluding steroid dienone is 1. The maximum Gasteiger partial charge on any atom is 0.407 e. The number of hydrogen-bond acceptors (Lipinski definition) is 9. The van der Waals surface area contributed by atoms with Crippen molar-refractivity contribution in [3.8, 4) is 33.6 Å². The number of carbonyl (C=O) groups is 4. The summed E-state index contributed by atoms with van der Waals surface area (Å²) in [7, 11) is 2.60. The third-order valence-electron chi connectivity index (χ3n) is 11.9. The van der Waals surface area contributed by atoms with Crippen LogP contribution in [0.1, 0.15) is 101 Å². The van der Waals surface area contributed by atoms with E-state index in [-0.39, 0.29) is 29.8 Å². The highest BCUT2D eigenvalue weighted by Gasteiger charge is 2.38. The number of nitrogens with one attached hydrogen (secondary N) is 4. The summed E-state index contributed by atoms with van der Waals surface area (Å²) >= 11 is 0. The summed E-state index contributed by atoms with van der Waals surface area (Å²) in [5.74, 6) is 1.06. The Balaban J connectivity index is 1.07. The number of rotatable bonds is 8. The van der Waals surface area contributed by atoms with Crippen LogP contribution in [0.2, 0.25) is 0 Å². The van der Waals surface area contributed by atoms with Gasteiger partial charge in [0.25, 0.3) is 0 Å². The zero-order chi connectivity index (χ0) is 42.9. The Labute approximate surface area is 357 Å². The Bertz CT molecular complexity index is 2160. The lowest BCUT2D eigenvalue weighted by Crippen LogP contribution is -2.51. The third-order valence-corrected chi connectivity index (χ3v) is 11.9. The summed E-state index contributed by atoms with van der Waals surface area (Å²) in [4.78, 5) is 72.4. The number of H-pyrrole nitrogens is 2. The van der Waals surface area contributed by atoms with Gasteiger partial charge in [-0.15, -0.1) is 0 Å². The van der Waals surface area contributed by atoms with Gasteiger partial charge < -0.3 is 44.6 Å². The highest BCUT2D eigenvalue weighted by Crippen LogP contribution is 2.36. The minimum Gasteiger partial charge on any atom is -0.453 e. The van der Waals surface area contributed by atoms with Crippen LogP contribution >= 0.6 is 0 Å². The van der Waals surface area contributed by atoms with Crippen molar-refractivity contribution in [1.82, 2.24) is 40.4 Å². The molecule has 15 nitrogen and oxygen atoms in total. The van der Waals surface area contributed by atoms with Gasteiger partial charge in [-0.3, -0.25) is 9.59 Å². The van der Waals surface area contributed by atoms with Crippen molar-refractivity contribution in [2.24, 2.45) is 5.92 Å². The number of carbonyl (C=O) groups excluding carboxylic acids is 4. The van der Waals surface area contributed by atoms with Gasteiger partial charge in [-0.1, -0.05) is 87.4 Å². The molecular weight excluding hydrogens is 777 g/mol. The second-order valence-electron chi connectivity index (χ2n) is 16.3. The zero-order valence-corrected chi connectivity index (χ0v) is 35.6. The van der Waals surface area contributed by atoms with E-state index in [4.69, 9.17) is 24.2 Å². The van der Waals surface area contributed by atoms with Gasteiger partial charge in [-0.25, -0.2) is 19.6 Å². The van der Waals surface area contributed by atoms with Gasteiger partial charge in [0.1, 0.15) is 23.7 Å². The number of imidazole rings is 2. The van der Waals surface area contributed by atoms with Gasteiger partial charge in [0.2, 0.25) is 11.8 Å². The quantitative estimate of drug-likeness (QED) is 0.130. The number of likely N-dealkylation sites (tertiary alicyclic amines) is 1. The molecule has 4 amide bonds. The minimum atomic E-state index is -0.695. The topological polar surface area (TPSA) is 184 Å². The summed E-state index contributed by atoms with van der Waals surface area (Å²) in [6.07, 6.45) is 12.2. The van der Waals surface area contributed by atoms with Crippen molar-refractivity contribution in [2.75, 3.05) is 33.9 Å². The molecule has 5 heterocycles. The predicted octanol–water partition coefficient (Wildman–Crippen LogP) is 7.60. The van der Waals surface area contributed by atoms with Crippen molar-refractivity contribution < 1.29 is 33.4 Å². The summed E-state index contributed by atoms with van der Waals surface area (Å²) < 4.78 is 15.7. The maximum absolute atomic E-state index is 14.0. The van der Waals surface area contributed by atoms with Crippen LogP contribution in [0.25, 0.3) is 33.6 Å². The number of nitrogens with zero attached hydrogens (tertiary/aromatic N) is 4. The molecule has 0 spiro atoms. The molecule has 4 N–H and O–H groups in total. The van der Waals surface area contributed by atoms with Gasteiger partial charge >= 0.3 is 12.2 Å². The number of alkyl carbamates (subject to hydrolysis) is 2. The minimum absolute atomic E-state index is 0.111. The number of aromatic nitrogens is 4. The van der Waals surface area contributed by atoms with Crippen LogP contribution in [0.5, 0.6) is 0 Å². The van der Waals surface area contributed by atoms with Gasteiger partial charge in [-0.2, -0.15) is 0 Å². The molecule has 2 fully saturated rings. The maximum atomic E-state index is 14.0. The average Bonchev–Trinajstić information content (AvgIpc) is 4.12. The molecule has 7 rings (SSSR count). The highest BCUT2D eigenvalue weighted by molar-refractivity contribution is 5.87. The monoisotopic (exact) mass is 834 g/mol. The molecule has 0 aliphatic carbocycles. The summed E-state index contributed by atoms with van der Waals surface area (Å²) in [6, 6.07) is 14.7. The molecule has 0 radical (unpaired) electrons. The SMILES string of the molecule is COC(=O)N[C@H]1CCCCC/C=C\COCc2[nH]c(nc2-c2ccc(-c3ccc(-c4c[nH]c([C@@H]5CCCN5C(=O)[C@@H](NC(=O)OC)C(C)C)n4)cc3)cc2)[C@@H]2CCCN2C1=O. The van der Waals surface area contributed by atoms with Crippen LogP contribution in [0, 0.1) is 5.92 Å². The lowest BCUT2D eigenvalue weighted by atomic mass is 10.0. The Morgan fingerprint density at radius 2 is 1.48 bits per heavy atom. The third kappa shape index (κ3) is 10.2. The fourth-order valence-electron chi connectivity index (χ4n) is 8.61. The second-order valence-corrected chi connectivity index (χ2v) is 16.3. The van der Waals surface area contributed by atoms with E-state index in [1.807, 2.05) is 48.1 Å². The molecule has 3 aliphatic heterocycles. The number of methoxy groups -OCH3 is 2. The second kappa shape index (κ2) is 20.1. The summed E-state index contributed by atoms with van der Waals surface area (Å²) in [5.41, 5.74) is 6.35. The molecule has 15 heteroatoms. The first-order valence-electron chi connectivity index (χ1n) is 21.5. The first-order chi connectivity index (χ1) is 29.6. The Morgan fingerprint density at radius 1 is 0.787 bits per heavy atom. The molecule has 2 bridgehead atoms. The van der Waals surface area contributed by atoms with Crippen molar-refractivity contribution in [2.45, 2.75) is 102 Å². The normalized spacial score (nSPS) is 21.1. The molecule has 2 aromatic carbocycles.